The Kier molecular flexibility index (Phi) is 4.65. The van der Waals surface area contributed by atoms with Crippen molar-refractivity contribution in [3.05, 3.63) is 52.2 Å². The van der Waals surface area contributed by atoms with Gasteiger partial charge in [-0.3, -0.25) is 20.2 Å². The number of ether oxygens (including phenoxy) is 2. The highest BCUT2D eigenvalue weighted by atomic mass is 32.1. The zero-order valence-electron chi connectivity index (χ0n) is 14.0. The zero-order chi connectivity index (χ0) is 18.8. The number of nitro groups is 1. The van der Waals surface area contributed by atoms with Crippen LogP contribution in [0.4, 0.5) is 10.8 Å². The number of anilines is 1. The number of benzene rings is 1. The summed E-state index contributed by atoms with van der Waals surface area (Å²) >= 11 is 1.17. The molecular formula is C17H14N4O5S. The second kappa shape index (κ2) is 7.25. The summed E-state index contributed by atoms with van der Waals surface area (Å²) in [6.07, 6.45) is 2.23. The van der Waals surface area contributed by atoms with Gasteiger partial charge in [0.2, 0.25) is 5.88 Å². The molecule has 2 aromatic heterocycles. The number of hydrogen-bond acceptors (Lipinski definition) is 8. The number of fused-ring (bicyclic) bond motifs is 1. The van der Waals surface area contributed by atoms with Gasteiger partial charge >= 0.3 is 0 Å². The van der Waals surface area contributed by atoms with Crippen molar-refractivity contribution in [2.24, 2.45) is 0 Å². The highest BCUT2D eigenvalue weighted by Gasteiger charge is 2.19. The molecule has 0 saturated carbocycles. The first-order valence-electron chi connectivity index (χ1n) is 8.15. The molecule has 0 spiro atoms. The van der Waals surface area contributed by atoms with Gasteiger partial charge in [0, 0.05) is 36.4 Å². The standard InChI is InChI=1S/C17H14N4O5S/c22-16(10-3-5-18-15(7-10)26-12-4-6-25-9-12)20-17-19-13-2-1-11(21(23)24)8-14(13)27-17/h1-3,5,7-8,12H,4,6,9H2,(H,19,20,22). The van der Waals surface area contributed by atoms with E-state index < -0.39 is 4.92 Å². The molecule has 9 nitrogen and oxygen atoms in total. The van der Waals surface area contributed by atoms with Crippen molar-refractivity contribution in [1.82, 2.24) is 9.97 Å². The number of thiazole rings is 1. The van der Waals surface area contributed by atoms with Crippen LogP contribution in [0.1, 0.15) is 16.8 Å². The molecule has 4 rings (SSSR count). The molecule has 1 N–H and O–H groups in total. The van der Waals surface area contributed by atoms with Crippen LogP contribution in [0.3, 0.4) is 0 Å². The quantitative estimate of drug-likeness (QED) is 0.529. The number of rotatable bonds is 5. The molecular weight excluding hydrogens is 372 g/mol. The normalized spacial score (nSPS) is 16.4. The maximum Gasteiger partial charge on any atom is 0.270 e. The van der Waals surface area contributed by atoms with Crippen LogP contribution < -0.4 is 10.1 Å². The molecule has 138 valence electrons. The van der Waals surface area contributed by atoms with E-state index in [1.165, 1.54) is 29.7 Å². The SMILES string of the molecule is O=C(Nc1nc2ccc([N+](=O)[O-])cc2s1)c1ccnc(OC2CCOC2)c1. The van der Waals surface area contributed by atoms with Gasteiger partial charge in [-0.05, 0) is 12.1 Å². The summed E-state index contributed by atoms with van der Waals surface area (Å²) in [5, 5.41) is 13.9. The number of nitro benzene ring substituents is 1. The first kappa shape index (κ1) is 17.3. The predicted molar refractivity (Wildman–Crippen MR) is 98.3 cm³/mol. The lowest BCUT2D eigenvalue weighted by Gasteiger charge is -2.11. The molecule has 1 fully saturated rings. The highest BCUT2D eigenvalue weighted by molar-refractivity contribution is 7.22. The largest absolute Gasteiger partial charge is 0.472 e. The van der Waals surface area contributed by atoms with Gasteiger partial charge in [-0.1, -0.05) is 11.3 Å². The molecule has 1 unspecified atom stereocenters. The maximum atomic E-state index is 12.5. The molecule has 1 saturated heterocycles. The Morgan fingerprint density at radius 2 is 2.26 bits per heavy atom. The summed E-state index contributed by atoms with van der Waals surface area (Å²) in [5.74, 6) is -0.00319. The topological polar surface area (TPSA) is 116 Å². The average Bonchev–Trinajstić information content (AvgIpc) is 3.30. The fraction of sp³-hybridized carbons (Fsp3) is 0.235. The van der Waals surface area contributed by atoms with E-state index in [4.69, 9.17) is 9.47 Å². The molecule has 1 atom stereocenters. The Hall–Kier alpha value is -3.11. The number of non-ortho nitro benzene ring substituents is 1. The molecule has 0 aliphatic carbocycles. The summed E-state index contributed by atoms with van der Waals surface area (Å²) in [6, 6.07) is 7.51. The van der Waals surface area contributed by atoms with Gasteiger partial charge in [0.15, 0.2) is 5.13 Å². The van der Waals surface area contributed by atoms with Crippen LogP contribution in [0.15, 0.2) is 36.5 Å². The van der Waals surface area contributed by atoms with Crippen molar-refractivity contribution in [2.45, 2.75) is 12.5 Å². The maximum absolute atomic E-state index is 12.5. The third-order valence-electron chi connectivity index (χ3n) is 3.98. The zero-order valence-corrected chi connectivity index (χ0v) is 14.8. The average molecular weight is 386 g/mol. The second-order valence-corrected chi connectivity index (χ2v) is 6.90. The minimum Gasteiger partial charge on any atom is -0.472 e. The first-order valence-corrected chi connectivity index (χ1v) is 8.97. The van der Waals surface area contributed by atoms with E-state index in [1.54, 1.807) is 18.2 Å². The fourth-order valence-corrected chi connectivity index (χ4v) is 3.54. The van der Waals surface area contributed by atoms with Crippen LogP contribution >= 0.6 is 11.3 Å². The van der Waals surface area contributed by atoms with Crippen LogP contribution in [0.5, 0.6) is 5.88 Å². The second-order valence-electron chi connectivity index (χ2n) is 5.87. The van der Waals surface area contributed by atoms with E-state index in [0.29, 0.717) is 40.0 Å². The minimum atomic E-state index is -0.467. The van der Waals surface area contributed by atoms with Crippen molar-refractivity contribution >= 4 is 38.3 Å². The van der Waals surface area contributed by atoms with Gasteiger partial charge in [0.1, 0.15) is 6.10 Å². The number of hydrogen-bond donors (Lipinski definition) is 1. The third-order valence-corrected chi connectivity index (χ3v) is 4.91. The molecule has 1 aromatic carbocycles. The number of pyridine rings is 1. The third kappa shape index (κ3) is 3.86. The van der Waals surface area contributed by atoms with Gasteiger partial charge in [-0.25, -0.2) is 9.97 Å². The smallest absolute Gasteiger partial charge is 0.270 e. The van der Waals surface area contributed by atoms with E-state index in [9.17, 15) is 14.9 Å². The summed E-state index contributed by atoms with van der Waals surface area (Å²) in [4.78, 5) is 31.3. The van der Waals surface area contributed by atoms with Crippen molar-refractivity contribution in [3.63, 3.8) is 0 Å². The summed E-state index contributed by atoms with van der Waals surface area (Å²) in [6.45, 7) is 1.16. The van der Waals surface area contributed by atoms with Crippen molar-refractivity contribution < 1.29 is 19.2 Å². The van der Waals surface area contributed by atoms with Crippen LogP contribution in [0, 0.1) is 10.1 Å². The van der Waals surface area contributed by atoms with E-state index in [1.807, 2.05) is 0 Å². The van der Waals surface area contributed by atoms with Gasteiger partial charge in [0.25, 0.3) is 11.6 Å². The molecule has 3 aromatic rings. The van der Waals surface area contributed by atoms with Crippen LogP contribution in [-0.4, -0.2) is 40.1 Å². The monoisotopic (exact) mass is 386 g/mol. The molecule has 1 amide bonds. The minimum absolute atomic E-state index is 0.0177. The molecule has 10 heteroatoms. The molecule has 0 radical (unpaired) electrons. The number of aromatic nitrogens is 2. The van der Waals surface area contributed by atoms with Crippen molar-refractivity contribution in [2.75, 3.05) is 18.5 Å². The van der Waals surface area contributed by atoms with Crippen molar-refractivity contribution in [1.29, 1.82) is 0 Å². The molecule has 1 aliphatic heterocycles. The van der Waals surface area contributed by atoms with E-state index >= 15 is 0 Å². The number of nitrogens with one attached hydrogen (secondary N) is 1. The number of nitrogens with zero attached hydrogens (tertiary/aromatic N) is 3. The Morgan fingerprint density at radius 3 is 3.04 bits per heavy atom. The summed E-state index contributed by atoms with van der Waals surface area (Å²) in [5.41, 5.74) is 0.945. The first-order chi connectivity index (χ1) is 13.1. The summed E-state index contributed by atoms with van der Waals surface area (Å²) in [7, 11) is 0. The van der Waals surface area contributed by atoms with Crippen LogP contribution in [0.25, 0.3) is 10.2 Å². The van der Waals surface area contributed by atoms with Gasteiger partial charge < -0.3 is 9.47 Å². The van der Waals surface area contributed by atoms with E-state index in [2.05, 4.69) is 15.3 Å². The lowest BCUT2D eigenvalue weighted by molar-refractivity contribution is -0.384. The summed E-state index contributed by atoms with van der Waals surface area (Å²) < 4.78 is 11.6. The lowest BCUT2D eigenvalue weighted by atomic mass is 10.2. The molecule has 3 heterocycles. The van der Waals surface area contributed by atoms with Crippen LogP contribution in [-0.2, 0) is 4.74 Å². The lowest BCUT2D eigenvalue weighted by Crippen LogP contribution is -2.17. The number of carbonyl (C=O) groups excluding carboxylic acids is 1. The van der Waals surface area contributed by atoms with E-state index in [-0.39, 0.29) is 17.7 Å². The van der Waals surface area contributed by atoms with Gasteiger partial charge in [-0.15, -0.1) is 0 Å². The number of amides is 1. The number of carbonyl (C=O) groups is 1. The predicted octanol–water partition coefficient (Wildman–Crippen LogP) is 3.02. The molecule has 27 heavy (non-hydrogen) atoms. The van der Waals surface area contributed by atoms with E-state index in [0.717, 1.165) is 6.42 Å². The van der Waals surface area contributed by atoms with Crippen molar-refractivity contribution in [3.8, 4) is 5.88 Å². The Morgan fingerprint density at radius 1 is 1.37 bits per heavy atom. The molecule has 0 bridgehead atoms. The van der Waals surface area contributed by atoms with Crippen LogP contribution in [0.2, 0.25) is 0 Å². The fourth-order valence-electron chi connectivity index (χ4n) is 2.64. The Balaban J connectivity index is 1.50. The van der Waals surface area contributed by atoms with Gasteiger partial charge in [-0.2, -0.15) is 0 Å². The highest BCUT2D eigenvalue weighted by Crippen LogP contribution is 2.29. The Bertz CT molecular complexity index is 1020. The molecule has 1 aliphatic rings. The van der Waals surface area contributed by atoms with Gasteiger partial charge in [0.05, 0.1) is 28.4 Å². The Labute approximate surface area is 157 Å².